The molecule has 0 aromatic carbocycles. The van der Waals surface area contributed by atoms with Crippen molar-refractivity contribution in [3.63, 3.8) is 0 Å². The van der Waals surface area contributed by atoms with Crippen LogP contribution >= 0.6 is 0 Å². The van der Waals surface area contributed by atoms with Crippen molar-refractivity contribution in [2.24, 2.45) is 5.73 Å². The minimum atomic E-state index is 0.280. The summed E-state index contributed by atoms with van der Waals surface area (Å²) in [4.78, 5) is 6.50. The van der Waals surface area contributed by atoms with Crippen molar-refractivity contribution in [2.75, 3.05) is 32.8 Å². The lowest BCUT2D eigenvalue weighted by molar-refractivity contribution is 0.0178. The molecular weight excluding hydrogens is 190 g/mol. The topological polar surface area (TPSA) is 51.4 Å². The van der Waals surface area contributed by atoms with Crippen LogP contribution in [0.4, 0.5) is 0 Å². The van der Waals surface area contributed by atoms with Gasteiger partial charge in [-0.2, -0.15) is 0 Å². The Bertz CT molecular complexity index is 285. The van der Waals surface area contributed by atoms with Gasteiger partial charge in [0.05, 0.1) is 13.2 Å². The Morgan fingerprint density at radius 2 is 2.27 bits per heavy atom. The van der Waals surface area contributed by atoms with Gasteiger partial charge < -0.3 is 10.5 Å². The summed E-state index contributed by atoms with van der Waals surface area (Å²) in [7, 11) is 0. The number of hydrogen-bond donors (Lipinski definition) is 1. The normalized spacial score (nSPS) is 20.1. The monoisotopic (exact) mass is 207 g/mol. The van der Waals surface area contributed by atoms with Crippen LogP contribution in [-0.2, 0) is 4.74 Å². The van der Waals surface area contributed by atoms with Gasteiger partial charge >= 0.3 is 0 Å². The summed E-state index contributed by atoms with van der Waals surface area (Å²) in [6.07, 6.45) is 3.68. The summed E-state index contributed by atoms with van der Waals surface area (Å²) in [5, 5.41) is 0. The maximum Gasteiger partial charge on any atom is 0.0594 e. The highest BCUT2D eigenvalue weighted by atomic mass is 16.5. The van der Waals surface area contributed by atoms with Crippen LogP contribution in [0, 0.1) is 0 Å². The molecule has 1 saturated heterocycles. The molecule has 0 spiro atoms. The van der Waals surface area contributed by atoms with Crippen LogP contribution in [0.15, 0.2) is 24.5 Å². The summed E-state index contributed by atoms with van der Waals surface area (Å²) in [6, 6.07) is 4.32. The van der Waals surface area contributed by atoms with E-state index in [1.54, 1.807) is 6.20 Å². The van der Waals surface area contributed by atoms with Crippen molar-refractivity contribution in [1.29, 1.82) is 0 Å². The van der Waals surface area contributed by atoms with Gasteiger partial charge in [-0.1, -0.05) is 6.07 Å². The van der Waals surface area contributed by atoms with E-state index >= 15 is 0 Å². The Balaban J connectivity index is 2.09. The Labute approximate surface area is 90.0 Å². The number of hydrogen-bond acceptors (Lipinski definition) is 4. The van der Waals surface area contributed by atoms with Crippen LogP contribution in [0.25, 0.3) is 0 Å². The van der Waals surface area contributed by atoms with Crippen LogP contribution in [0.5, 0.6) is 0 Å². The van der Waals surface area contributed by atoms with Crippen LogP contribution in [0.1, 0.15) is 11.6 Å². The van der Waals surface area contributed by atoms with Gasteiger partial charge in [0, 0.05) is 38.1 Å². The van der Waals surface area contributed by atoms with Crippen molar-refractivity contribution in [3.8, 4) is 0 Å². The lowest BCUT2D eigenvalue weighted by atomic mass is 10.1. The molecule has 1 aliphatic heterocycles. The molecule has 0 saturated carbocycles. The summed E-state index contributed by atoms with van der Waals surface area (Å²) in [5.74, 6) is 0. The minimum Gasteiger partial charge on any atom is -0.379 e. The zero-order valence-corrected chi connectivity index (χ0v) is 8.80. The van der Waals surface area contributed by atoms with E-state index in [0.717, 1.165) is 26.3 Å². The van der Waals surface area contributed by atoms with Crippen molar-refractivity contribution < 1.29 is 4.74 Å². The van der Waals surface area contributed by atoms with Crippen LogP contribution in [0.3, 0.4) is 0 Å². The molecule has 0 amide bonds. The largest absolute Gasteiger partial charge is 0.379 e. The number of nitrogens with zero attached hydrogens (tertiary/aromatic N) is 2. The molecule has 82 valence electrons. The zero-order chi connectivity index (χ0) is 10.5. The molecule has 1 atom stereocenters. The number of pyridine rings is 1. The van der Waals surface area contributed by atoms with E-state index in [2.05, 4.69) is 16.0 Å². The van der Waals surface area contributed by atoms with Crippen LogP contribution in [0.2, 0.25) is 0 Å². The Hall–Kier alpha value is -0.970. The first-order valence-corrected chi connectivity index (χ1v) is 5.33. The summed E-state index contributed by atoms with van der Waals surface area (Å²) in [5.41, 5.74) is 7.02. The molecule has 2 N–H and O–H groups in total. The number of ether oxygens (including phenoxy) is 1. The molecule has 1 aromatic rings. The second-order valence-electron chi connectivity index (χ2n) is 3.69. The second-order valence-corrected chi connectivity index (χ2v) is 3.69. The molecule has 0 unspecified atom stereocenters. The second kappa shape index (κ2) is 5.21. The fourth-order valence-corrected chi connectivity index (χ4v) is 1.96. The van der Waals surface area contributed by atoms with E-state index in [9.17, 15) is 0 Å². The van der Waals surface area contributed by atoms with Crippen molar-refractivity contribution in [2.45, 2.75) is 6.04 Å². The summed E-state index contributed by atoms with van der Waals surface area (Å²) < 4.78 is 5.33. The first-order chi connectivity index (χ1) is 7.42. The average Bonchev–Trinajstić information content (AvgIpc) is 2.33. The first-order valence-electron chi connectivity index (χ1n) is 5.33. The maximum absolute atomic E-state index is 5.83. The molecule has 1 fully saturated rings. The Morgan fingerprint density at radius 3 is 2.87 bits per heavy atom. The van der Waals surface area contributed by atoms with Crippen LogP contribution in [-0.4, -0.2) is 42.7 Å². The van der Waals surface area contributed by atoms with Gasteiger partial charge in [0.25, 0.3) is 0 Å². The molecule has 0 aliphatic carbocycles. The van der Waals surface area contributed by atoms with E-state index < -0.39 is 0 Å². The van der Waals surface area contributed by atoms with E-state index in [1.165, 1.54) is 5.56 Å². The van der Waals surface area contributed by atoms with E-state index in [0.29, 0.717) is 6.54 Å². The number of aromatic nitrogens is 1. The van der Waals surface area contributed by atoms with Gasteiger partial charge in [-0.15, -0.1) is 0 Å². The SMILES string of the molecule is NC[C@@H](c1cccnc1)N1CCOCC1. The van der Waals surface area contributed by atoms with Gasteiger partial charge in [0.2, 0.25) is 0 Å². The minimum absolute atomic E-state index is 0.280. The maximum atomic E-state index is 5.83. The van der Waals surface area contributed by atoms with Gasteiger partial charge in [-0.05, 0) is 11.6 Å². The average molecular weight is 207 g/mol. The van der Waals surface area contributed by atoms with Gasteiger partial charge in [-0.25, -0.2) is 0 Å². The Morgan fingerprint density at radius 1 is 1.47 bits per heavy atom. The summed E-state index contributed by atoms with van der Waals surface area (Å²) >= 11 is 0. The number of rotatable bonds is 3. The third kappa shape index (κ3) is 2.53. The predicted octanol–water partition coefficient (Wildman–Crippen LogP) is 0.414. The van der Waals surface area contributed by atoms with Crippen molar-refractivity contribution >= 4 is 0 Å². The Kier molecular flexibility index (Phi) is 3.66. The fourth-order valence-electron chi connectivity index (χ4n) is 1.96. The van der Waals surface area contributed by atoms with Crippen LogP contribution < -0.4 is 5.73 Å². The van der Waals surface area contributed by atoms with E-state index in [4.69, 9.17) is 10.5 Å². The molecule has 2 rings (SSSR count). The molecular formula is C11H17N3O. The standard InChI is InChI=1S/C11H17N3O/c12-8-11(10-2-1-3-13-9-10)14-4-6-15-7-5-14/h1-3,9,11H,4-8,12H2/t11-/m0/s1. The molecule has 1 aromatic heterocycles. The highest BCUT2D eigenvalue weighted by molar-refractivity contribution is 5.14. The third-order valence-electron chi connectivity index (χ3n) is 2.78. The number of morpholine rings is 1. The molecule has 4 nitrogen and oxygen atoms in total. The molecule has 4 heteroatoms. The summed E-state index contributed by atoms with van der Waals surface area (Å²) in [6.45, 7) is 4.15. The highest BCUT2D eigenvalue weighted by Crippen LogP contribution is 2.19. The van der Waals surface area contributed by atoms with Gasteiger partial charge in [-0.3, -0.25) is 9.88 Å². The molecule has 1 aliphatic rings. The smallest absolute Gasteiger partial charge is 0.0594 e. The lowest BCUT2D eigenvalue weighted by Gasteiger charge is -2.33. The zero-order valence-electron chi connectivity index (χ0n) is 8.80. The molecule has 2 heterocycles. The van der Waals surface area contributed by atoms with E-state index in [1.807, 2.05) is 12.3 Å². The first kappa shape index (κ1) is 10.5. The van der Waals surface area contributed by atoms with Gasteiger partial charge in [0.15, 0.2) is 0 Å². The molecule has 15 heavy (non-hydrogen) atoms. The van der Waals surface area contributed by atoms with Crippen molar-refractivity contribution in [1.82, 2.24) is 9.88 Å². The third-order valence-corrected chi connectivity index (χ3v) is 2.78. The van der Waals surface area contributed by atoms with Crippen molar-refractivity contribution in [3.05, 3.63) is 30.1 Å². The molecule has 0 bridgehead atoms. The molecule has 0 radical (unpaired) electrons. The quantitative estimate of drug-likeness (QED) is 0.780. The van der Waals surface area contributed by atoms with Gasteiger partial charge in [0.1, 0.15) is 0 Å². The lowest BCUT2D eigenvalue weighted by Crippen LogP contribution is -2.41. The highest BCUT2D eigenvalue weighted by Gasteiger charge is 2.20. The van der Waals surface area contributed by atoms with E-state index in [-0.39, 0.29) is 6.04 Å². The fraction of sp³-hybridized carbons (Fsp3) is 0.545. The predicted molar refractivity (Wildman–Crippen MR) is 58.4 cm³/mol. The number of nitrogens with two attached hydrogens (primary N) is 1.